The third-order valence-corrected chi connectivity index (χ3v) is 2.78. The molecule has 1 heterocycles. The van der Waals surface area contributed by atoms with Crippen LogP contribution in [0, 0.1) is 5.92 Å². The van der Waals surface area contributed by atoms with Crippen molar-refractivity contribution in [2.75, 3.05) is 5.73 Å². The average molecular weight is 251 g/mol. The second-order valence-electron chi connectivity index (χ2n) is 4.44. The molecule has 0 unspecified atom stereocenters. The van der Waals surface area contributed by atoms with Gasteiger partial charge in [-0.05, 0) is 24.1 Å². The fourth-order valence-electron chi connectivity index (χ4n) is 1.69. The van der Waals surface area contributed by atoms with Gasteiger partial charge in [0.05, 0.1) is 10.7 Å². The van der Waals surface area contributed by atoms with E-state index in [1.54, 1.807) is 12.4 Å². The monoisotopic (exact) mass is 250 g/mol. The van der Waals surface area contributed by atoms with Crippen LogP contribution < -0.4 is 5.73 Å². The molecule has 0 radical (unpaired) electrons. The van der Waals surface area contributed by atoms with Crippen LogP contribution in [0.1, 0.15) is 13.8 Å². The molecule has 5 heteroatoms. The molecule has 2 N–H and O–H groups in total. The van der Waals surface area contributed by atoms with Crippen molar-refractivity contribution in [2.24, 2.45) is 5.92 Å². The van der Waals surface area contributed by atoms with Gasteiger partial charge in [0.2, 0.25) is 0 Å². The summed E-state index contributed by atoms with van der Waals surface area (Å²) >= 11 is 5.90. The molecule has 2 rings (SSSR count). The Morgan fingerprint density at radius 1 is 1.41 bits per heavy atom. The number of anilines is 1. The third-order valence-electron chi connectivity index (χ3n) is 2.43. The predicted octanol–water partition coefficient (Wildman–Crippen LogP) is 2.84. The number of hydrogen-bond acceptors (Lipinski definition) is 3. The van der Waals surface area contributed by atoms with E-state index in [4.69, 9.17) is 17.3 Å². The average Bonchev–Trinajstić information content (AvgIpc) is 2.69. The standard InChI is InChI=1S/C12H15ClN4/c1-8(2)6-17-7-15-16-12(17)9-3-4-10(13)11(14)5-9/h3-5,7-8H,6,14H2,1-2H3. The van der Waals surface area contributed by atoms with E-state index in [9.17, 15) is 0 Å². The molecule has 0 saturated heterocycles. The minimum atomic E-state index is 0.536. The van der Waals surface area contributed by atoms with Crippen molar-refractivity contribution in [2.45, 2.75) is 20.4 Å². The van der Waals surface area contributed by atoms with Gasteiger partial charge in [0, 0.05) is 12.1 Å². The summed E-state index contributed by atoms with van der Waals surface area (Å²) < 4.78 is 2.02. The van der Waals surface area contributed by atoms with Crippen molar-refractivity contribution >= 4 is 17.3 Å². The van der Waals surface area contributed by atoms with Crippen LogP contribution in [0.4, 0.5) is 5.69 Å². The lowest BCUT2D eigenvalue weighted by atomic mass is 10.1. The first-order valence-electron chi connectivity index (χ1n) is 5.51. The summed E-state index contributed by atoms with van der Waals surface area (Å²) in [5, 5.41) is 8.63. The lowest BCUT2D eigenvalue weighted by Gasteiger charge is -2.09. The normalized spacial score (nSPS) is 11.1. The number of hydrogen-bond donors (Lipinski definition) is 1. The Morgan fingerprint density at radius 3 is 2.82 bits per heavy atom. The summed E-state index contributed by atoms with van der Waals surface area (Å²) in [5.41, 5.74) is 7.28. The van der Waals surface area contributed by atoms with Crippen LogP contribution in [0.15, 0.2) is 24.5 Å². The van der Waals surface area contributed by atoms with E-state index >= 15 is 0 Å². The van der Waals surface area contributed by atoms with E-state index in [0.717, 1.165) is 17.9 Å². The molecular formula is C12H15ClN4. The molecule has 0 spiro atoms. The number of benzene rings is 1. The van der Waals surface area contributed by atoms with E-state index in [1.807, 2.05) is 16.7 Å². The van der Waals surface area contributed by atoms with Gasteiger partial charge in [0.25, 0.3) is 0 Å². The van der Waals surface area contributed by atoms with E-state index in [0.29, 0.717) is 16.6 Å². The van der Waals surface area contributed by atoms with Crippen molar-refractivity contribution in [3.8, 4) is 11.4 Å². The van der Waals surface area contributed by atoms with Crippen molar-refractivity contribution < 1.29 is 0 Å². The smallest absolute Gasteiger partial charge is 0.163 e. The number of nitrogens with zero attached hydrogens (tertiary/aromatic N) is 3. The Labute approximate surface area is 105 Å². The molecule has 2 aromatic rings. The molecule has 0 aliphatic heterocycles. The lowest BCUT2D eigenvalue weighted by Crippen LogP contribution is -2.05. The summed E-state index contributed by atoms with van der Waals surface area (Å²) in [7, 11) is 0. The third kappa shape index (κ3) is 2.58. The molecule has 17 heavy (non-hydrogen) atoms. The fraction of sp³-hybridized carbons (Fsp3) is 0.333. The Kier molecular flexibility index (Phi) is 3.33. The number of rotatable bonds is 3. The van der Waals surface area contributed by atoms with Gasteiger partial charge in [-0.2, -0.15) is 0 Å². The van der Waals surface area contributed by atoms with E-state index in [-0.39, 0.29) is 0 Å². The molecule has 0 amide bonds. The highest BCUT2D eigenvalue weighted by atomic mass is 35.5. The van der Waals surface area contributed by atoms with Gasteiger partial charge in [0.1, 0.15) is 6.33 Å². The summed E-state index contributed by atoms with van der Waals surface area (Å²) in [4.78, 5) is 0. The zero-order chi connectivity index (χ0) is 12.4. The molecule has 0 atom stereocenters. The van der Waals surface area contributed by atoms with E-state index in [1.165, 1.54) is 0 Å². The molecule has 90 valence electrons. The maximum absolute atomic E-state index is 5.90. The first-order chi connectivity index (χ1) is 8.08. The first-order valence-corrected chi connectivity index (χ1v) is 5.89. The van der Waals surface area contributed by atoms with Crippen LogP contribution in [0.25, 0.3) is 11.4 Å². The molecule has 0 saturated carbocycles. The summed E-state index contributed by atoms with van der Waals surface area (Å²) in [6, 6.07) is 5.50. The SMILES string of the molecule is CC(C)Cn1cnnc1-c1ccc(Cl)c(N)c1. The zero-order valence-corrected chi connectivity index (χ0v) is 10.6. The minimum Gasteiger partial charge on any atom is -0.398 e. The van der Waals surface area contributed by atoms with Crippen molar-refractivity contribution in [3.05, 3.63) is 29.5 Å². The fourth-order valence-corrected chi connectivity index (χ4v) is 1.81. The van der Waals surface area contributed by atoms with Gasteiger partial charge in [-0.1, -0.05) is 25.4 Å². The zero-order valence-electron chi connectivity index (χ0n) is 9.89. The van der Waals surface area contributed by atoms with Crippen LogP contribution in [-0.4, -0.2) is 14.8 Å². The molecule has 0 fully saturated rings. The Balaban J connectivity index is 2.39. The van der Waals surface area contributed by atoms with Crippen LogP contribution in [0.5, 0.6) is 0 Å². The highest BCUT2D eigenvalue weighted by Gasteiger charge is 2.09. The van der Waals surface area contributed by atoms with Gasteiger partial charge >= 0.3 is 0 Å². The molecule has 4 nitrogen and oxygen atoms in total. The number of halogens is 1. The summed E-state index contributed by atoms with van der Waals surface area (Å²) in [5.74, 6) is 1.36. The maximum atomic E-state index is 5.90. The number of nitrogens with two attached hydrogens (primary N) is 1. The van der Waals surface area contributed by atoms with Crippen molar-refractivity contribution in [1.29, 1.82) is 0 Å². The van der Waals surface area contributed by atoms with Crippen LogP contribution >= 0.6 is 11.6 Å². The first kappa shape index (κ1) is 11.9. The van der Waals surface area contributed by atoms with Gasteiger partial charge in [0.15, 0.2) is 5.82 Å². The molecule has 0 aliphatic rings. The quantitative estimate of drug-likeness (QED) is 0.853. The minimum absolute atomic E-state index is 0.536. The van der Waals surface area contributed by atoms with Gasteiger partial charge in [-0.3, -0.25) is 0 Å². The van der Waals surface area contributed by atoms with Gasteiger partial charge in [-0.15, -0.1) is 10.2 Å². The van der Waals surface area contributed by atoms with Crippen LogP contribution in [-0.2, 0) is 6.54 Å². The van der Waals surface area contributed by atoms with Crippen LogP contribution in [0.3, 0.4) is 0 Å². The van der Waals surface area contributed by atoms with Gasteiger partial charge < -0.3 is 10.3 Å². The second-order valence-corrected chi connectivity index (χ2v) is 4.84. The Morgan fingerprint density at radius 2 is 2.18 bits per heavy atom. The molecule has 1 aromatic carbocycles. The predicted molar refractivity (Wildman–Crippen MR) is 69.7 cm³/mol. The Bertz CT molecular complexity index is 519. The molecule has 0 aliphatic carbocycles. The van der Waals surface area contributed by atoms with E-state index in [2.05, 4.69) is 24.0 Å². The highest BCUT2D eigenvalue weighted by molar-refractivity contribution is 6.33. The summed E-state index contributed by atoms with van der Waals surface area (Å²) in [6.07, 6.45) is 1.74. The highest BCUT2D eigenvalue weighted by Crippen LogP contribution is 2.25. The maximum Gasteiger partial charge on any atom is 0.163 e. The molecular weight excluding hydrogens is 236 g/mol. The van der Waals surface area contributed by atoms with Crippen molar-refractivity contribution in [3.63, 3.8) is 0 Å². The van der Waals surface area contributed by atoms with Crippen molar-refractivity contribution in [1.82, 2.24) is 14.8 Å². The second kappa shape index (κ2) is 4.75. The number of aromatic nitrogens is 3. The largest absolute Gasteiger partial charge is 0.398 e. The van der Waals surface area contributed by atoms with Gasteiger partial charge in [-0.25, -0.2) is 0 Å². The lowest BCUT2D eigenvalue weighted by molar-refractivity contribution is 0.525. The molecule has 1 aromatic heterocycles. The number of nitrogen functional groups attached to an aromatic ring is 1. The molecule has 0 bridgehead atoms. The summed E-state index contributed by atoms with van der Waals surface area (Å²) in [6.45, 7) is 5.19. The topological polar surface area (TPSA) is 56.7 Å². The van der Waals surface area contributed by atoms with E-state index < -0.39 is 0 Å². The Hall–Kier alpha value is -1.55. The van der Waals surface area contributed by atoms with Crippen LogP contribution in [0.2, 0.25) is 5.02 Å².